The molecule has 0 spiro atoms. The van der Waals surface area contributed by atoms with E-state index in [2.05, 4.69) is 10.1 Å². The average molecular weight is 303 g/mol. The quantitative estimate of drug-likeness (QED) is 0.427. The van der Waals surface area contributed by atoms with Crippen LogP contribution >= 0.6 is 11.8 Å². The van der Waals surface area contributed by atoms with E-state index in [1.54, 1.807) is 27.7 Å². The third-order valence-electron chi connectivity index (χ3n) is 2.34. The molecule has 7 heteroatoms. The molecule has 0 radical (unpaired) electrons. The molecule has 0 atom stereocenters. The molecule has 0 aliphatic heterocycles. The summed E-state index contributed by atoms with van der Waals surface area (Å²) in [7, 11) is 1.15. The maximum Gasteiger partial charge on any atom is 0.313 e. The molecule has 0 fully saturated rings. The molecule has 0 aromatic carbocycles. The van der Waals surface area contributed by atoms with Crippen molar-refractivity contribution in [3.63, 3.8) is 0 Å². The first-order valence-electron chi connectivity index (χ1n) is 6.19. The summed E-state index contributed by atoms with van der Waals surface area (Å²) < 4.78 is 3.70. The topological polar surface area (TPSA) is 89.5 Å². The second-order valence-corrected chi connectivity index (χ2v) is 6.88. The van der Waals surface area contributed by atoms with Crippen molar-refractivity contribution in [3.05, 3.63) is 0 Å². The van der Waals surface area contributed by atoms with Gasteiger partial charge in [-0.15, -0.1) is 0 Å². The first-order valence-corrected chi connectivity index (χ1v) is 7.01. The Bertz CT molecular complexity index is 404. The summed E-state index contributed by atoms with van der Waals surface area (Å²) in [5.74, 6) is -1.81. The van der Waals surface area contributed by atoms with Gasteiger partial charge in [0.05, 0.1) is 7.11 Å². The highest BCUT2D eigenvalue weighted by molar-refractivity contribution is 8.16. The summed E-state index contributed by atoms with van der Waals surface area (Å²) in [6.07, 6.45) is -0.559. The lowest BCUT2D eigenvalue weighted by atomic mass is 10.1. The van der Waals surface area contributed by atoms with Crippen molar-refractivity contribution in [2.45, 2.75) is 38.9 Å². The molecule has 0 aliphatic rings. The maximum atomic E-state index is 11.7. The lowest BCUT2D eigenvalue weighted by Gasteiger charge is -2.23. The van der Waals surface area contributed by atoms with Crippen LogP contribution in [0.1, 0.15) is 34.1 Å². The largest absolute Gasteiger partial charge is 0.469 e. The highest BCUT2D eigenvalue weighted by Crippen LogP contribution is 2.25. The number of rotatable bonds is 7. The van der Waals surface area contributed by atoms with Gasteiger partial charge in [-0.3, -0.25) is 19.2 Å². The Morgan fingerprint density at radius 2 is 1.75 bits per heavy atom. The molecular formula is C13H21NO5S. The van der Waals surface area contributed by atoms with Crippen LogP contribution in [-0.4, -0.2) is 41.2 Å². The van der Waals surface area contributed by atoms with Crippen molar-refractivity contribution in [1.29, 1.82) is 0 Å². The van der Waals surface area contributed by atoms with Gasteiger partial charge in [0, 0.05) is 17.2 Å². The number of esters is 1. The van der Waals surface area contributed by atoms with Crippen LogP contribution in [0.4, 0.5) is 0 Å². The molecule has 0 bridgehead atoms. The average Bonchev–Trinajstić information content (AvgIpc) is 2.34. The second kappa shape index (κ2) is 8.04. The molecule has 0 saturated heterocycles. The Balaban J connectivity index is 4.38. The number of ketones is 1. The Hall–Kier alpha value is -1.37. The van der Waals surface area contributed by atoms with Crippen molar-refractivity contribution in [2.75, 3.05) is 13.7 Å². The second-order valence-electron chi connectivity index (χ2n) is 5.20. The molecular weight excluding hydrogens is 282 g/mol. The minimum Gasteiger partial charge on any atom is -0.469 e. The van der Waals surface area contributed by atoms with Crippen LogP contribution in [0, 0.1) is 5.92 Å². The van der Waals surface area contributed by atoms with Crippen LogP contribution in [0.15, 0.2) is 0 Å². The smallest absolute Gasteiger partial charge is 0.313 e. The van der Waals surface area contributed by atoms with Crippen molar-refractivity contribution < 1.29 is 23.9 Å². The van der Waals surface area contributed by atoms with E-state index in [9.17, 15) is 19.2 Å². The Kier molecular flexibility index (Phi) is 7.49. The van der Waals surface area contributed by atoms with Gasteiger partial charge in [0.25, 0.3) is 5.12 Å². The summed E-state index contributed by atoms with van der Waals surface area (Å²) in [5, 5.41) is 1.99. The van der Waals surface area contributed by atoms with E-state index < -0.39 is 28.0 Å². The molecule has 114 valence electrons. The molecule has 0 rings (SSSR count). The monoisotopic (exact) mass is 303 g/mol. The van der Waals surface area contributed by atoms with E-state index in [0.29, 0.717) is 0 Å². The number of amides is 1. The minimum atomic E-state index is -0.801. The maximum absolute atomic E-state index is 11.7. The predicted octanol–water partition coefficient (Wildman–Crippen LogP) is 0.929. The summed E-state index contributed by atoms with van der Waals surface area (Å²) >= 11 is 0.805. The zero-order valence-corrected chi connectivity index (χ0v) is 13.3. The lowest BCUT2D eigenvalue weighted by molar-refractivity contribution is -0.145. The lowest BCUT2D eigenvalue weighted by Crippen LogP contribution is -2.39. The molecule has 0 aliphatic carbocycles. The molecule has 0 aromatic rings. The van der Waals surface area contributed by atoms with Crippen LogP contribution in [0.2, 0.25) is 0 Å². The van der Waals surface area contributed by atoms with Gasteiger partial charge in [-0.1, -0.05) is 25.6 Å². The van der Waals surface area contributed by atoms with Gasteiger partial charge >= 0.3 is 5.97 Å². The predicted molar refractivity (Wildman–Crippen MR) is 76.2 cm³/mol. The first kappa shape index (κ1) is 18.6. The zero-order chi connectivity index (χ0) is 15.9. The molecule has 0 unspecified atom stereocenters. The Morgan fingerprint density at radius 3 is 2.20 bits per heavy atom. The summed E-state index contributed by atoms with van der Waals surface area (Å²) in [6.45, 7) is 7.26. The van der Waals surface area contributed by atoms with Gasteiger partial charge < -0.3 is 10.1 Å². The van der Waals surface area contributed by atoms with Crippen LogP contribution in [0.25, 0.3) is 0 Å². The van der Waals surface area contributed by atoms with Gasteiger partial charge in [-0.05, 0) is 13.8 Å². The SMILES string of the molecule is COC(=O)CC(=O)C(=O)SC(C)(C)CNC(=O)C(C)C. The number of carbonyl (C=O) groups is 4. The Morgan fingerprint density at radius 1 is 1.20 bits per heavy atom. The van der Waals surface area contributed by atoms with E-state index in [0.717, 1.165) is 18.9 Å². The van der Waals surface area contributed by atoms with E-state index in [-0.39, 0.29) is 18.4 Å². The van der Waals surface area contributed by atoms with Gasteiger partial charge in [-0.25, -0.2) is 0 Å². The number of Topliss-reactive ketones (excluding diaryl/α,β-unsaturated/α-hetero) is 1. The van der Waals surface area contributed by atoms with Crippen molar-refractivity contribution >= 4 is 34.5 Å². The third-order valence-corrected chi connectivity index (χ3v) is 3.45. The molecule has 0 aromatic heterocycles. The van der Waals surface area contributed by atoms with Crippen molar-refractivity contribution in [1.82, 2.24) is 5.32 Å². The highest BCUT2D eigenvalue weighted by atomic mass is 32.2. The molecule has 20 heavy (non-hydrogen) atoms. The van der Waals surface area contributed by atoms with E-state index in [1.165, 1.54) is 0 Å². The number of methoxy groups -OCH3 is 1. The molecule has 0 saturated carbocycles. The Labute approximate surface area is 123 Å². The number of ether oxygens (including phenoxy) is 1. The van der Waals surface area contributed by atoms with Crippen molar-refractivity contribution in [2.24, 2.45) is 5.92 Å². The number of thioether (sulfide) groups is 1. The number of hydrogen-bond donors (Lipinski definition) is 1. The fraction of sp³-hybridized carbons (Fsp3) is 0.692. The molecule has 0 heterocycles. The number of carbonyl (C=O) groups excluding carboxylic acids is 4. The minimum absolute atomic E-state index is 0.119. The zero-order valence-electron chi connectivity index (χ0n) is 12.4. The van der Waals surface area contributed by atoms with Crippen LogP contribution < -0.4 is 5.32 Å². The van der Waals surface area contributed by atoms with E-state index >= 15 is 0 Å². The summed E-state index contributed by atoms with van der Waals surface area (Å²) in [6, 6.07) is 0. The van der Waals surface area contributed by atoms with Crippen LogP contribution in [-0.2, 0) is 23.9 Å². The fourth-order valence-corrected chi connectivity index (χ4v) is 1.96. The van der Waals surface area contributed by atoms with Crippen molar-refractivity contribution in [3.8, 4) is 0 Å². The molecule has 1 N–H and O–H groups in total. The van der Waals surface area contributed by atoms with Gasteiger partial charge in [0.1, 0.15) is 6.42 Å². The van der Waals surface area contributed by atoms with Crippen LogP contribution in [0.5, 0.6) is 0 Å². The highest BCUT2D eigenvalue weighted by Gasteiger charge is 2.28. The normalized spacial score (nSPS) is 11.1. The van der Waals surface area contributed by atoms with Gasteiger partial charge in [0.2, 0.25) is 11.7 Å². The third kappa shape index (κ3) is 7.28. The molecule has 6 nitrogen and oxygen atoms in total. The van der Waals surface area contributed by atoms with E-state index in [1.807, 2.05) is 0 Å². The summed E-state index contributed by atoms with van der Waals surface area (Å²) in [4.78, 5) is 45.5. The van der Waals surface area contributed by atoms with E-state index in [4.69, 9.17) is 0 Å². The van der Waals surface area contributed by atoms with Gasteiger partial charge in [-0.2, -0.15) is 0 Å². The van der Waals surface area contributed by atoms with Crippen LogP contribution in [0.3, 0.4) is 0 Å². The number of nitrogens with one attached hydrogen (secondary N) is 1. The first-order chi connectivity index (χ1) is 9.09. The van der Waals surface area contributed by atoms with Gasteiger partial charge in [0.15, 0.2) is 0 Å². The number of hydrogen-bond acceptors (Lipinski definition) is 6. The summed E-state index contributed by atoms with van der Waals surface area (Å²) in [5.41, 5.74) is 0. The fourth-order valence-electron chi connectivity index (χ4n) is 1.12. The molecule has 1 amide bonds. The standard InChI is InChI=1S/C13H21NO5S/c1-8(2)11(17)14-7-13(3,4)20-12(18)9(15)6-10(16)19-5/h8H,6-7H2,1-5H3,(H,14,17).